The SMILES string of the molecule is COc1ccc(-c2[nH]ncc2-c2c3c[nH]n(C)c3nc3c2oc2cc(=O)cc(O)c23)cc1. The molecule has 0 fully saturated rings. The van der Waals surface area contributed by atoms with Crippen molar-refractivity contribution >= 4 is 33.1 Å². The van der Waals surface area contributed by atoms with E-state index in [1.165, 1.54) is 12.1 Å². The minimum Gasteiger partial charge on any atom is -0.507 e. The van der Waals surface area contributed by atoms with Crippen molar-refractivity contribution in [3.8, 4) is 33.9 Å². The molecule has 0 aliphatic heterocycles. The van der Waals surface area contributed by atoms with Gasteiger partial charge in [0, 0.05) is 47.5 Å². The lowest BCUT2D eigenvalue weighted by atomic mass is 9.99. The van der Waals surface area contributed by atoms with Crippen LogP contribution in [0.5, 0.6) is 11.5 Å². The summed E-state index contributed by atoms with van der Waals surface area (Å²) in [6, 6.07) is 10.2. The summed E-state index contributed by atoms with van der Waals surface area (Å²) in [5, 5.41) is 22.2. The fourth-order valence-corrected chi connectivity index (χ4v) is 4.18. The number of nitrogens with zero attached hydrogens (tertiary/aromatic N) is 3. The van der Waals surface area contributed by atoms with Crippen LogP contribution in [0.3, 0.4) is 0 Å². The van der Waals surface area contributed by atoms with Gasteiger partial charge in [-0.3, -0.25) is 14.6 Å². The number of pyridine rings is 1. The molecule has 9 heteroatoms. The van der Waals surface area contributed by atoms with E-state index < -0.39 is 0 Å². The van der Waals surface area contributed by atoms with Gasteiger partial charge in [0.1, 0.15) is 22.6 Å². The van der Waals surface area contributed by atoms with Gasteiger partial charge in [0.2, 0.25) is 0 Å². The first-order chi connectivity index (χ1) is 15.5. The molecule has 0 radical (unpaired) electrons. The lowest BCUT2D eigenvalue weighted by molar-refractivity contribution is 0.415. The van der Waals surface area contributed by atoms with E-state index in [9.17, 15) is 9.90 Å². The maximum atomic E-state index is 11.9. The van der Waals surface area contributed by atoms with Gasteiger partial charge < -0.3 is 19.4 Å². The molecule has 0 spiro atoms. The van der Waals surface area contributed by atoms with E-state index in [0.29, 0.717) is 22.1 Å². The molecule has 158 valence electrons. The Morgan fingerprint density at radius 2 is 2.00 bits per heavy atom. The first-order valence-corrected chi connectivity index (χ1v) is 9.86. The summed E-state index contributed by atoms with van der Waals surface area (Å²) in [4.78, 5) is 16.7. The van der Waals surface area contributed by atoms with E-state index in [1.807, 2.05) is 37.5 Å². The van der Waals surface area contributed by atoms with Crippen LogP contribution in [0.1, 0.15) is 0 Å². The van der Waals surface area contributed by atoms with Crippen LogP contribution in [0.2, 0.25) is 0 Å². The second-order valence-electron chi connectivity index (χ2n) is 7.54. The van der Waals surface area contributed by atoms with E-state index in [1.54, 1.807) is 18.0 Å². The number of phenolic OH excluding ortho intramolecular Hbond substituents is 1. The number of fused-ring (bicyclic) bond motifs is 4. The molecule has 9 nitrogen and oxygen atoms in total. The number of hydrogen-bond acceptors (Lipinski definition) is 6. The number of H-pyrrole nitrogens is 2. The van der Waals surface area contributed by atoms with Crippen molar-refractivity contribution in [2.24, 2.45) is 7.05 Å². The maximum Gasteiger partial charge on any atom is 0.186 e. The molecule has 0 unspecified atom stereocenters. The van der Waals surface area contributed by atoms with Gasteiger partial charge in [-0.1, -0.05) is 0 Å². The van der Waals surface area contributed by atoms with E-state index in [-0.39, 0.29) is 16.8 Å². The van der Waals surface area contributed by atoms with Crippen LogP contribution >= 0.6 is 0 Å². The Kier molecular flexibility index (Phi) is 3.70. The average molecular weight is 427 g/mol. The molecule has 4 heterocycles. The fourth-order valence-electron chi connectivity index (χ4n) is 4.18. The van der Waals surface area contributed by atoms with Crippen LogP contribution in [0.15, 0.2) is 58.0 Å². The first-order valence-electron chi connectivity index (χ1n) is 9.86. The molecule has 0 atom stereocenters. The fraction of sp³-hybridized carbons (Fsp3) is 0.0870. The number of furan rings is 1. The second-order valence-corrected chi connectivity index (χ2v) is 7.54. The molecule has 0 aliphatic rings. The van der Waals surface area contributed by atoms with Crippen molar-refractivity contribution in [1.29, 1.82) is 0 Å². The largest absolute Gasteiger partial charge is 0.507 e. The summed E-state index contributed by atoms with van der Waals surface area (Å²) >= 11 is 0. The highest BCUT2D eigenvalue weighted by Gasteiger charge is 2.24. The molecular weight excluding hydrogens is 410 g/mol. The molecule has 3 N–H and O–H groups in total. The lowest BCUT2D eigenvalue weighted by Crippen LogP contribution is -1.95. The molecule has 0 bridgehead atoms. The number of aryl methyl sites for hydroxylation is 1. The van der Waals surface area contributed by atoms with Crippen LogP contribution in [-0.2, 0) is 7.05 Å². The summed E-state index contributed by atoms with van der Waals surface area (Å²) < 4.78 is 13.2. The molecule has 0 saturated heterocycles. The summed E-state index contributed by atoms with van der Waals surface area (Å²) in [6.07, 6.45) is 3.57. The molecule has 0 amide bonds. The number of benzene rings is 2. The number of phenols is 1. The molecule has 0 aliphatic carbocycles. The number of rotatable bonds is 3. The molecule has 2 aromatic carbocycles. The normalized spacial score (nSPS) is 11.7. The summed E-state index contributed by atoms with van der Waals surface area (Å²) in [7, 11) is 3.47. The third-order valence-corrected chi connectivity index (χ3v) is 5.68. The van der Waals surface area contributed by atoms with Crippen molar-refractivity contribution in [3.05, 3.63) is 59.0 Å². The van der Waals surface area contributed by atoms with Crippen molar-refractivity contribution in [1.82, 2.24) is 25.0 Å². The Morgan fingerprint density at radius 3 is 2.78 bits per heavy atom. The zero-order chi connectivity index (χ0) is 22.0. The quantitative estimate of drug-likeness (QED) is 0.393. The smallest absolute Gasteiger partial charge is 0.186 e. The highest BCUT2D eigenvalue weighted by molar-refractivity contribution is 6.16. The van der Waals surface area contributed by atoms with Gasteiger partial charge in [0.15, 0.2) is 16.7 Å². The predicted molar refractivity (Wildman–Crippen MR) is 120 cm³/mol. The maximum absolute atomic E-state index is 11.9. The number of methoxy groups -OCH3 is 1. The van der Waals surface area contributed by atoms with Crippen LogP contribution in [-0.4, -0.2) is 37.2 Å². The van der Waals surface area contributed by atoms with Gasteiger partial charge in [-0.15, -0.1) is 0 Å². The Morgan fingerprint density at radius 1 is 1.19 bits per heavy atom. The third kappa shape index (κ3) is 2.48. The van der Waals surface area contributed by atoms with Gasteiger partial charge in [-0.25, -0.2) is 4.98 Å². The van der Waals surface area contributed by atoms with Crippen LogP contribution in [0.4, 0.5) is 0 Å². The Bertz CT molecular complexity index is 1700. The van der Waals surface area contributed by atoms with Crippen molar-refractivity contribution in [2.45, 2.75) is 0 Å². The van der Waals surface area contributed by atoms with Crippen molar-refractivity contribution in [3.63, 3.8) is 0 Å². The second kappa shape index (κ2) is 6.48. The summed E-state index contributed by atoms with van der Waals surface area (Å²) in [5.41, 5.74) is 4.81. The number of aromatic hydroxyl groups is 1. The van der Waals surface area contributed by atoms with E-state index >= 15 is 0 Å². The molecule has 4 aromatic heterocycles. The topological polar surface area (TPSA) is 122 Å². The van der Waals surface area contributed by atoms with E-state index in [4.69, 9.17) is 14.1 Å². The van der Waals surface area contributed by atoms with Crippen LogP contribution in [0.25, 0.3) is 55.5 Å². The van der Waals surface area contributed by atoms with E-state index in [2.05, 4.69) is 15.3 Å². The zero-order valence-electron chi connectivity index (χ0n) is 17.1. The monoisotopic (exact) mass is 427 g/mol. The van der Waals surface area contributed by atoms with Gasteiger partial charge in [0.25, 0.3) is 0 Å². The number of nitrogens with one attached hydrogen (secondary N) is 2. The summed E-state index contributed by atoms with van der Waals surface area (Å²) in [5.74, 6) is 0.590. The predicted octanol–water partition coefficient (Wildman–Crippen LogP) is 3.93. The van der Waals surface area contributed by atoms with Crippen LogP contribution < -0.4 is 10.2 Å². The number of hydrogen-bond donors (Lipinski definition) is 3. The van der Waals surface area contributed by atoms with Crippen LogP contribution in [0, 0.1) is 0 Å². The number of aromatic amines is 2. The van der Waals surface area contributed by atoms with Crippen molar-refractivity contribution in [2.75, 3.05) is 7.11 Å². The Hall–Kier alpha value is -4.53. The molecular formula is C23H17N5O4. The van der Waals surface area contributed by atoms with Crippen molar-refractivity contribution < 1.29 is 14.3 Å². The van der Waals surface area contributed by atoms with Gasteiger partial charge >= 0.3 is 0 Å². The minimum atomic E-state index is -0.337. The Labute approximate surface area is 179 Å². The minimum absolute atomic E-state index is 0.162. The number of aromatic nitrogens is 5. The van der Waals surface area contributed by atoms with Gasteiger partial charge in [0.05, 0.1) is 24.4 Å². The third-order valence-electron chi connectivity index (χ3n) is 5.68. The Balaban J connectivity index is 1.73. The zero-order valence-corrected chi connectivity index (χ0v) is 17.1. The molecule has 0 saturated carbocycles. The lowest BCUT2D eigenvalue weighted by Gasteiger charge is -2.07. The molecule has 32 heavy (non-hydrogen) atoms. The standard InChI is InChI=1S/C23H17N5O4/c1-28-23-15(10-25-28)18(14-9-24-27-20(14)11-3-5-13(31-2)6-4-11)22-21(26-23)19-16(30)7-12(29)8-17(19)32-22/h3-10,25,30H,1-2H3,(H,24,27). The molecule has 6 aromatic rings. The number of ether oxygens (including phenoxy) is 1. The van der Waals surface area contributed by atoms with Gasteiger partial charge in [-0.2, -0.15) is 5.10 Å². The van der Waals surface area contributed by atoms with Gasteiger partial charge in [-0.05, 0) is 24.3 Å². The van der Waals surface area contributed by atoms with E-state index in [0.717, 1.165) is 33.5 Å². The first kappa shape index (κ1) is 18.3. The highest BCUT2D eigenvalue weighted by Crippen LogP contribution is 2.43. The average Bonchev–Trinajstić information content (AvgIpc) is 3.49. The summed E-state index contributed by atoms with van der Waals surface area (Å²) in [6.45, 7) is 0. The molecule has 6 rings (SSSR count). The highest BCUT2D eigenvalue weighted by atomic mass is 16.5.